The fourth-order valence-corrected chi connectivity index (χ4v) is 2.20. The number of rotatable bonds is 4. The minimum Gasteiger partial charge on any atom is -0.467 e. The van der Waals surface area contributed by atoms with E-state index >= 15 is 0 Å². The maximum atomic E-state index is 12.7. The Hall–Kier alpha value is -2.57. The van der Waals surface area contributed by atoms with Crippen LogP contribution >= 0.6 is 0 Å². The van der Waals surface area contributed by atoms with Crippen LogP contribution in [0.5, 0.6) is 0 Å². The van der Waals surface area contributed by atoms with E-state index < -0.39 is 35.4 Å². The second-order valence-electron chi connectivity index (χ2n) is 8.06. The molecule has 0 bridgehead atoms. The third-order valence-corrected chi connectivity index (χ3v) is 3.24. The topological polar surface area (TPSA) is 82.1 Å². The molecule has 27 heavy (non-hydrogen) atoms. The first-order valence-electron chi connectivity index (χ1n) is 8.71. The molecule has 0 saturated heterocycles. The third-order valence-electron chi connectivity index (χ3n) is 3.24. The highest BCUT2D eigenvalue weighted by Gasteiger charge is 2.40. The largest absolute Gasteiger partial charge is 0.467 e. The van der Waals surface area contributed by atoms with Gasteiger partial charge in [0.1, 0.15) is 17.2 Å². The average molecular weight is 379 g/mol. The molecule has 1 atom stereocenters. The Bertz CT molecular complexity index is 629. The first-order valence-corrected chi connectivity index (χ1v) is 8.71. The van der Waals surface area contributed by atoms with Crippen molar-refractivity contribution in [2.24, 2.45) is 0 Å². The number of nitrogens with zero attached hydrogens (tertiary/aromatic N) is 1. The normalized spacial score (nSPS) is 12.7. The molecule has 0 saturated carbocycles. The molecular formula is C20H29NO6. The average Bonchev–Trinajstić information content (AvgIpc) is 2.51. The molecule has 0 aliphatic heterocycles. The fourth-order valence-electron chi connectivity index (χ4n) is 2.20. The summed E-state index contributed by atoms with van der Waals surface area (Å²) in [4.78, 5) is 38.6. The van der Waals surface area contributed by atoms with E-state index in [1.807, 2.05) is 6.07 Å². The van der Waals surface area contributed by atoms with E-state index in [2.05, 4.69) is 0 Å². The molecule has 7 nitrogen and oxygen atoms in total. The summed E-state index contributed by atoms with van der Waals surface area (Å²) in [5.41, 5.74) is -0.958. The number of imide groups is 1. The van der Waals surface area contributed by atoms with Gasteiger partial charge in [-0.1, -0.05) is 30.3 Å². The van der Waals surface area contributed by atoms with E-state index in [4.69, 9.17) is 14.2 Å². The second kappa shape index (κ2) is 8.88. The number of ether oxygens (including phenoxy) is 3. The quantitative estimate of drug-likeness (QED) is 0.582. The Morgan fingerprint density at radius 1 is 0.889 bits per heavy atom. The molecule has 0 aliphatic carbocycles. The van der Waals surface area contributed by atoms with E-state index in [9.17, 15) is 14.4 Å². The molecule has 1 aromatic carbocycles. The zero-order valence-electron chi connectivity index (χ0n) is 17.1. The van der Waals surface area contributed by atoms with Crippen molar-refractivity contribution in [3.8, 4) is 0 Å². The molecule has 0 aliphatic rings. The van der Waals surface area contributed by atoms with Gasteiger partial charge in [-0.15, -0.1) is 0 Å². The molecule has 1 unspecified atom stereocenters. The van der Waals surface area contributed by atoms with Gasteiger partial charge in [-0.05, 0) is 47.1 Å². The molecule has 0 spiro atoms. The lowest BCUT2D eigenvalue weighted by atomic mass is 10.1. The van der Waals surface area contributed by atoms with Crippen LogP contribution in [-0.4, -0.2) is 47.4 Å². The molecule has 7 heteroatoms. The lowest BCUT2D eigenvalue weighted by molar-refractivity contribution is -0.146. The molecular weight excluding hydrogens is 350 g/mol. The van der Waals surface area contributed by atoms with Gasteiger partial charge >= 0.3 is 18.2 Å². The molecule has 1 rings (SSSR count). The SMILES string of the molecule is COC(=O)C(Cc1ccccc1)N(C(=O)OC(C)(C)C)C(=O)OC(C)(C)C. The van der Waals surface area contributed by atoms with Crippen LogP contribution in [0.4, 0.5) is 9.59 Å². The van der Waals surface area contributed by atoms with Gasteiger partial charge in [0.15, 0.2) is 0 Å². The van der Waals surface area contributed by atoms with Gasteiger partial charge in [0.25, 0.3) is 0 Å². The summed E-state index contributed by atoms with van der Waals surface area (Å²) in [6.07, 6.45) is -1.86. The van der Waals surface area contributed by atoms with Crippen LogP contribution in [0, 0.1) is 0 Å². The molecule has 0 heterocycles. The first-order chi connectivity index (χ1) is 12.3. The number of amides is 2. The van der Waals surface area contributed by atoms with Gasteiger partial charge in [0.05, 0.1) is 7.11 Å². The smallest absolute Gasteiger partial charge is 0.420 e. The van der Waals surface area contributed by atoms with Crippen LogP contribution in [0.2, 0.25) is 0 Å². The van der Waals surface area contributed by atoms with Crippen molar-refractivity contribution < 1.29 is 28.6 Å². The maximum Gasteiger partial charge on any atom is 0.420 e. The Labute approximate surface area is 160 Å². The van der Waals surface area contributed by atoms with Gasteiger partial charge in [0.2, 0.25) is 0 Å². The summed E-state index contributed by atoms with van der Waals surface area (Å²) in [6.45, 7) is 10.0. The molecule has 150 valence electrons. The maximum absolute atomic E-state index is 12.7. The van der Waals surface area contributed by atoms with Crippen molar-refractivity contribution in [2.45, 2.75) is 65.2 Å². The number of esters is 1. The van der Waals surface area contributed by atoms with Crippen LogP contribution in [0.15, 0.2) is 30.3 Å². The monoisotopic (exact) mass is 379 g/mol. The Balaban J connectivity index is 3.29. The summed E-state index contributed by atoms with van der Waals surface area (Å²) in [7, 11) is 1.20. The number of hydrogen-bond acceptors (Lipinski definition) is 6. The minimum atomic E-state index is -1.22. The highest BCUT2D eigenvalue weighted by atomic mass is 16.6. The highest BCUT2D eigenvalue weighted by molar-refractivity contribution is 5.94. The standard InChI is InChI=1S/C20H29NO6/c1-19(2,3)26-17(23)21(18(24)27-20(4,5)6)15(16(22)25-7)13-14-11-9-8-10-12-14/h8-12,15H,13H2,1-7H3. The van der Waals surface area contributed by atoms with Crippen LogP contribution in [0.3, 0.4) is 0 Å². The summed E-state index contributed by atoms with van der Waals surface area (Å²) < 4.78 is 15.5. The van der Waals surface area contributed by atoms with Crippen molar-refractivity contribution in [3.05, 3.63) is 35.9 Å². The van der Waals surface area contributed by atoms with Crippen LogP contribution in [-0.2, 0) is 25.4 Å². The summed E-state index contributed by atoms with van der Waals surface area (Å²) in [6, 6.07) is 7.79. The molecule has 0 aromatic heterocycles. The van der Waals surface area contributed by atoms with Crippen LogP contribution < -0.4 is 0 Å². The third kappa shape index (κ3) is 7.68. The van der Waals surface area contributed by atoms with Crippen molar-refractivity contribution in [1.29, 1.82) is 0 Å². The van der Waals surface area contributed by atoms with E-state index in [1.54, 1.807) is 65.8 Å². The summed E-state index contributed by atoms with van der Waals surface area (Å²) in [5, 5.41) is 0. The lowest BCUT2D eigenvalue weighted by Gasteiger charge is -2.32. The zero-order valence-corrected chi connectivity index (χ0v) is 17.1. The zero-order chi connectivity index (χ0) is 20.8. The van der Waals surface area contributed by atoms with Gasteiger partial charge < -0.3 is 14.2 Å². The molecule has 2 amide bonds. The Morgan fingerprint density at radius 2 is 1.33 bits per heavy atom. The van der Waals surface area contributed by atoms with Gasteiger partial charge in [-0.3, -0.25) is 0 Å². The molecule has 0 radical (unpaired) electrons. The minimum absolute atomic E-state index is 0.0754. The van der Waals surface area contributed by atoms with E-state index in [-0.39, 0.29) is 6.42 Å². The molecule has 0 fully saturated rings. The predicted molar refractivity (Wildman–Crippen MR) is 100 cm³/mol. The molecule has 1 aromatic rings. The summed E-state index contributed by atoms with van der Waals surface area (Å²) in [5.74, 6) is -0.740. The number of carbonyl (C=O) groups is 3. The van der Waals surface area contributed by atoms with E-state index in [1.165, 1.54) is 7.11 Å². The second-order valence-corrected chi connectivity index (χ2v) is 8.06. The number of hydrogen-bond donors (Lipinski definition) is 0. The van der Waals surface area contributed by atoms with Gasteiger partial charge in [0, 0.05) is 6.42 Å². The lowest BCUT2D eigenvalue weighted by Crippen LogP contribution is -2.53. The number of benzene rings is 1. The van der Waals surface area contributed by atoms with E-state index in [0.717, 1.165) is 5.56 Å². The number of methoxy groups -OCH3 is 1. The number of carbonyl (C=O) groups excluding carboxylic acids is 3. The Kier molecular flexibility index (Phi) is 7.39. The first kappa shape index (κ1) is 22.5. The predicted octanol–water partition coefficient (Wildman–Crippen LogP) is 3.94. The van der Waals surface area contributed by atoms with E-state index in [0.29, 0.717) is 4.90 Å². The van der Waals surface area contributed by atoms with Gasteiger partial charge in [-0.25, -0.2) is 14.4 Å². The Morgan fingerprint density at radius 3 is 1.70 bits per heavy atom. The van der Waals surface area contributed by atoms with Crippen molar-refractivity contribution in [1.82, 2.24) is 4.90 Å². The van der Waals surface area contributed by atoms with Gasteiger partial charge in [-0.2, -0.15) is 4.90 Å². The molecule has 0 N–H and O–H groups in total. The van der Waals surface area contributed by atoms with Crippen LogP contribution in [0.1, 0.15) is 47.1 Å². The highest BCUT2D eigenvalue weighted by Crippen LogP contribution is 2.20. The van der Waals surface area contributed by atoms with Crippen molar-refractivity contribution in [2.75, 3.05) is 7.11 Å². The van der Waals surface area contributed by atoms with Crippen molar-refractivity contribution in [3.63, 3.8) is 0 Å². The summed E-state index contributed by atoms with van der Waals surface area (Å²) >= 11 is 0. The fraction of sp³-hybridized carbons (Fsp3) is 0.550. The van der Waals surface area contributed by atoms with Crippen LogP contribution in [0.25, 0.3) is 0 Å². The van der Waals surface area contributed by atoms with Crippen molar-refractivity contribution >= 4 is 18.2 Å².